The van der Waals surface area contributed by atoms with Crippen LogP contribution >= 0.6 is 0 Å². The molecular weight excluding hydrogens is 144 g/mol. The third-order valence-corrected chi connectivity index (χ3v) is 1.45. The highest BCUT2D eigenvalue weighted by Crippen LogP contribution is 2.16. The highest BCUT2D eigenvalue weighted by molar-refractivity contribution is 5.92. The molecule has 0 aliphatic carbocycles. The van der Waals surface area contributed by atoms with Gasteiger partial charge in [-0.3, -0.25) is 0 Å². The molecule has 0 fully saturated rings. The van der Waals surface area contributed by atoms with E-state index in [1.165, 1.54) is 6.07 Å². The standard InChI is InChI=1S/C8H8O3/c1-5-3-2-4-6(9)7(5)8(10)11/h2-4,9H,1H3,(H,10,11)/p-1. The van der Waals surface area contributed by atoms with Gasteiger partial charge >= 0.3 is 5.97 Å². The van der Waals surface area contributed by atoms with Crippen LogP contribution in [0.15, 0.2) is 18.2 Å². The van der Waals surface area contributed by atoms with Gasteiger partial charge in [0.25, 0.3) is 0 Å². The minimum Gasteiger partial charge on any atom is -0.872 e. The van der Waals surface area contributed by atoms with Crippen molar-refractivity contribution in [3.8, 4) is 5.75 Å². The minimum atomic E-state index is -1.16. The van der Waals surface area contributed by atoms with Crippen LogP contribution in [0.1, 0.15) is 15.9 Å². The number of carboxylic acids is 1. The Kier molecular flexibility index (Phi) is 1.81. The fraction of sp³-hybridized carbons (Fsp3) is 0.125. The summed E-state index contributed by atoms with van der Waals surface area (Å²) in [5.74, 6) is -1.59. The summed E-state index contributed by atoms with van der Waals surface area (Å²) in [4.78, 5) is 10.4. The number of rotatable bonds is 1. The zero-order valence-corrected chi connectivity index (χ0v) is 6.00. The van der Waals surface area contributed by atoms with Crippen LogP contribution in [0.5, 0.6) is 5.75 Å². The first-order valence-corrected chi connectivity index (χ1v) is 3.13. The molecule has 0 heterocycles. The van der Waals surface area contributed by atoms with E-state index in [2.05, 4.69) is 0 Å². The summed E-state index contributed by atoms with van der Waals surface area (Å²) in [5, 5.41) is 19.4. The average Bonchev–Trinajstić information content (AvgIpc) is 1.85. The minimum absolute atomic E-state index is 0.132. The molecule has 0 saturated carbocycles. The zero-order valence-electron chi connectivity index (χ0n) is 6.00. The summed E-state index contributed by atoms with van der Waals surface area (Å²) < 4.78 is 0. The van der Waals surface area contributed by atoms with Gasteiger partial charge in [-0.05, 0) is 12.5 Å². The van der Waals surface area contributed by atoms with E-state index in [0.717, 1.165) is 0 Å². The molecule has 0 aromatic heterocycles. The molecule has 0 spiro atoms. The molecule has 3 heteroatoms. The van der Waals surface area contributed by atoms with Crippen molar-refractivity contribution in [1.29, 1.82) is 0 Å². The van der Waals surface area contributed by atoms with Gasteiger partial charge in [0.05, 0.1) is 5.56 Å². The maximum absolute atomic E-state index is 10.9. The van der Waals surface area contributed by atoms with Crippen molar-refractivity contribution >= 4 is 5.97 Å². The molecule has 0 unspecified atom stereocenters. The first kappa shape index (κ1) is 7.60. The number of benzene rings is 1. The normalized spacial score (nSPS) is 9.55. The van der Waals surface area contributed by atoms with E-state index in [9.17, 15) is 9.90 Å². The molecule has 1 aromatic rings. The molecular formula is C8H7O3-. The van der Waals surface area contributed by atoms with E-state index in [1.54, 1.807) is 19.1 Å². The van der Waals surface area contributed by atoms with Crippen LogP contribution in [0.4, 0.5) is 0 Å². The lowest BCUT2D eigenvalue weighted by molar-refractivity contribution is -0.268. The number of aromatic carboxylic acids is 1. The lowest BCUT2D eigenvalue weighted by Crippen LogP contribution is -2.05. The Morgan fingerprint density at radius 3 is 2.55 bits per heavy atom. The number of hydrogen-bond acceptors (Lipinski definition) is 2. The topological polar surface area (TPSA) is 60.4 Å². The fourth-order valence-electron chi connectivity index (χ4n) is 0.915. The molecule has 0 saturated heterocycles. The Morgan fingerprint density at radius 1 is 1.55 bits per heavy atom. The van der Waals surface area contributed by atoms with Crippen molar-refractivity contribution in [2.45, 2.75) is 6.92 Å². The third kappa shape index (κ3) is 1.32. The van der Waals surface area contributed by atoms with Gasteiger partial charge < -0.3 is 10.2 Å². The maximum Gasteiger partial charge on any atom is 0.335 e. The van der Waals surface area contributed by atoms with Crippen LogP contribution in [0, 0.1) is 6.92 Å². The predicted octanol–water partition coefficient (Wildman–Crippen LogP) is 0.767. The highest BCUT2D eigenvalue weighted by atomic mass is 16.4. The van der Waals surface area contributed by atoms with Gasteiger partial charge in [-0.25, -0.2) is 4.79 Å². The van der Waals surface area contributed by atoms with Crippen LogP contribution < -0.4 is 5.11 Å². The number of carbonyl (C=O) groups is 1. The lowest BCUT2D eigenvalue weighted by atomic mass is 10.1. The summed E-state index contributed by atoms with van der Waals surface area (Å²) in [7, 11) is 0. The Balaban J connectivity index is 3.32. The molecule has 3 nitrogen and oxygen atoms in total. The Bertz CT molecular complexity index is 271. The Morgan fingerprint density at radius 2 is 2.18 bits per heavy atom. The molecule has 0 aliphatic rings. The summed E-state index contributed by atoms with van der Waals surface area (Å²) in [6.45, 7) is 1.60. The SMILES string of the molecule is Cc1cccc([O-])c1C(=O)O. The van der Waals surface area contributed by atoms with Gasteiger partial charge in [-0.15, -0.1) is 0 Å². The molecule has 1 rings (SSSR count). The lowest BCUT2D eigenvalue weighted by Gasteiger charge is -2.10. The van der Waals surface area contributed by atoms with Crippen molar-refractivity contribution < 1.29 is 15.0 Å². The van der Waals surface area contributed by atoms with E-state index in [0.29, 0.717) is 5.56 Å². The first-order chi connectivity index (χ1) is 5.13. The highest BCUT2D eigenvalue weighted by Gasteiger charge is 2.05. The molecule has 1 N–H and O–H groups in total. The molecule has 0 radical (unpaired) electrons. The van der Waals surface area contributed by atoms with Crippen LogP contribution in [0.2, 0.25) is 0 Å². The maximum atomic E-state index is 10.9. The first-order valence-electron chi connectivity index (χ1n) is 3.13. The van der Waals surface area contributed by atoms with E-state index in [-0.39, 0.29) is 5.56 Å². The Labute approximate surface area is 63.9 Å². The largest absolute Gasteiger partial charge is 0.872 e. The average molecular weight is 151 g/mol. The van der Waals surface area contributed by atoms with E-state index < -0.39 is 11.7 Å². The zero-order chi connectivity index (χ0) is 8.43. The molecule has 11 heavy (non-hydrogen) atoms. The molecule has 0 aliphatic heterocycles. The number of aryl methyl sites for hydroxylation is 1. The van der Waals surface area contributed by atoms with Crippen LogP contribution in [0.3, 0.4) is 0 Å². The van der Waals surface area contributed by atoms with Gasteiger partial charge in [0.1, 0.15) is 0 Å². The quantitative estimate of drug-likeness (QED) is 0.644. The van der Waals surface area contributed by atoms with Gasteiger partial charge in [-0.2, -0.15) is 0 Å². The van der Waals surface area contributed by atoms with Gasteiger partial charge in [0, 0.05) is 0 Å². The summed E-state index contributed by atoms with van der Waals surface area (Å²) in [5.41, 5.74) is 0.373. The van der Waals surface area contributed by atoms with E-state index in [1.807, 2.05) is 0 Å². The van der Waals surface area contributed by atoms with Crippen molar-refractivity contribution in [1.82, 2.24) is 0 Å². The summed E-state index contributed by atoms with van der Waals surface area (Å²) in [6, 6.07) is 4.39. The second-order valence-electron chi connectivity index (χ2n) is 2.25. The second kappa shape index (κ2) is 2.62. The summed E-state index contributed by atoms with van der Waals surface area (Å²) >= 11 is 0. The molecule has 0 bridgehead atoms. The third-order valence-electron chi connectivity index (χ3n) is 1.45. The van der Waals surface area contributed by atoms with E-state index in [4.69, 9.17) is 5.11 Å². The molecule has 0 atom stereocenters. The van der Waals surface area contributed by atoms with Crippen molar-refractivity contribution in [3.05, 3.63) is 29.3 Å². The van der Waals surface area contributed by atoms with Crippen molar-refractivity contribution in [2.75, 3.05) is 0 Å². The van der Waals surface area contributed by atoms with E-state index >= 15 is 0 Å². The molecule has 58 valence electrons. The Hall–Kier alpha value is -1.51. The summed E-state index contributed by atoms with van der Waals surface area (Å²) in [6.07, 6.45) is 0. The van der Waals surface area contributed by atoms with Crippen LogP contribution in [-0.2, 0) is 0 Å². The predicted molar refractivity (Wildman–Crippen MR) is 37.6 cm³/mol. The molecule has 0 amide bonds. The second-order valence-corrected chi connectivity index (χ2v) is 2.25. The smallest absolute Gasteiger partial charge is 0.335 e. The van der Waals surface area contributed by atoms with Gasteiger partial charge in [0.2, 0.25) is 0 Å². The van der Waals surface area contributed by atoms with Crippen LogP contribution in [0.25, 0.3) is 0 Å². The van der Waals surface area contributed by atoms with Gasteiger partial charge in [-0.1, -0.05) is 23.9 Å². The van der Waals surface area contributed by atoms with Gasteiger partial charge in [0.15, 0.2) is 0 Å². The number of hydrogen-bond donors (Lipinski definition) is 1. The van der Waals surface area contributed by atoms with Crippen molar-refractivity contribution in [2.24, 2.45) is 0 Å². The fourth-order valence-corrected chi connectivity index (χ4v) is 0.915. The molecule has 1 aromatic carbocycles. The van der Waals surface area contributed by atoms with Crippen molar-refractivity contribution in [3.63, 3.8) is 0 Å². The number of carboxylic acid groups (broad SMARTS) is 1. The monoisotopic (exact) mass is 151 g/mol. The van der Waals surface area contributed by atoms with Crippen LogP contribution in [-0.4, -0.2) is 11.1 Å².